The van der Waals surface area contributed by atoms with E-state index in [1.54, 1.807) is 12.1 Å². The molecule has 1 heterocycles. The number of halogens is 1. The lowest BCUT2D eigenvalue weighted by atomic mass is 10.3. The maximum atomic E-state index is 12.1. The van der Waals surface area contributed by atoms with Gasteiger partial charge in [0.25, 0.3) is 10.0 Å². The van der Waals surface area contributed by atoms with E-state index in [4.69, 9.17) is 21.1 Å². The molecule has 2 aromatic rings. The monoisotopic (exact) mass is 334 g/mol. The SMILES string of the molecule is COc1ccc(NS(=O)(=O)c2cnc(Cl)s2)cc1OC. The number of aromatic nitrogens is 1. The quantitative estimate of drug-likeness (QED) is 0.909. The zero-order valence-electron chi connectivity index (χ0n) is 10.6. The van der Waals surface area contributed by atoms with Crippen molar-refractivity contribution in [2.45, 2.75) is 4.21 Å². The summed E-state index contributed by atoms with van der Waals surface area (Å²) in [4.78, 5) is 3.71. The van der Waals surface area contributed by atoms with Crippen LogP contribution in [0, 0.1) is 0 Å². The van der Waals surface area contributed by atoms with Crippen LogP contribution < -0.4 is 14.2 Å². The van der Waals surface area contributed by atoms with E-state index in [0.29, 0.717) is 17.2 Å². The highest BCUT2D eigenvalue weighted by atomic mass is 35.5. The summed E-state index contributed by atoms with van der Waals surface area (Å²) in [7, 11) is -0.740. The molecular weight excluding hydrogens is 324 g/mol. The van der Waals surface area contributed by atoms with Crippen LogP contribution in [0.15, 0.2) is 28.6 Å². The van der Waals surface area contributed by atoms with Gasteiger partial charge in [-0.3, -0.25) is 4.72 Å². The molecule has 0 saturated heterocycles. The lowest BCUT2D eigenvalue weighted by Crippen LogP contribution is -2.11. The van der Waals surface area contributed by atoms with Gasteiger partial charge in [-0.25, -0.2) is 13.4 Å². The van der Waals surface area contributed by atoms with Gasteiger partial charge in [0.2, 0.25) is 0 Å². The van der Waals surface area contributed by atoms with Crippen molar-refractivity contribution < 1.29 is 17.9 Å². The third-order valence-corrected chi connectivity index (χ3v) is 5.31. The summed E-state index contributed by atoms with van der Waals surface area (Å²) in [5.41, 5.74) is 0.354. The zero-order chi connectivity index (χ0) is 14.8. The summed E-state index contributed by atoms with van der Waals surface area (Å²) in [6, 6.07) is 4.71. The molecule has 0 fully saturated rings. The Bertz CT molecular complexity index is 715. The predicted molar refractivity (Wildman–Crippen MR) is 77.5 cm³/mol. The minimum absolute atomic E-state index is 0.0392. The first kappa shape index (κ1) is 14.9. The topological polar surface area (TPSA) is 77.5 Å². The number of methoxy groups -OCH3 is 2. The van der Waals surface area contributed by atoms with Gasteiger partial charge in [0.15, 0.2) is 20.2 Å². The molecule has 9 heteroatoms. The molecule has 0 radical (unpaired) electrons. The van der Waals surface area contributed by atoms with Crippen LogP contribution in [0.25, 0.3) is 0 Å². The van der Waals surface area contributed by atoms with Gasteiger partial charge in [0.1, 0.15) is 0 Å². The second kappa shape index (κ2) is 5.86. The highest BCUT2D eigenvalue weighted by molar-refractivity contribution is 7.94. The summed E-state index contributed by atoms with van der Waals surface area (Å²) >= 11 is 6.51. The Hall–Kier alpha value is -1.51. The van der Waals surface area contributed by atoms with Crippen LogP contribution in [-0.4, -0.2) is 27.6 Å². The van der Waals surface area contributed by atoms with Crippen LogP contribution in [-0.2, 0) is 10.0 Å². The molecule has 0 spiro atoms. The van der Waals surface area contributed by atoms with Crippen LogP contribution >= 0.6 is 22.9 Å². The molecule has 0 atom stereocenters. The number of hydrogen-bond donors (Lipinski definition) is 1. The minimum Gasteiger partial charge on any atom is -0.493 e. The third-order valence-electron chi connectivity index (χ3n) is 2.36. The van der Waals surface area contributed by atoms with Gasteiger partial charge in [-0.1, -0.05) is 22.9 Å². The van der Waals surface area contributed by atoms with E-state index in [-0.39, 0.29) is 8.68 Å². The van der Waals surface area contributed by atoms with Gasteiger partial charge in [-0.05, 0) is 12.1 Å². The van der Waals surface area contributed by atoms with Crippen molar-refractivity contribution in [3.8, 4) is 11.5 Å². The fourth-order valence-corrected chi connectivity index (χ4v) is 3.81. The largest absolute Gasteiger partial charge is 0.493 e. The van der Waals surface area contributed by atoms with E-state index in [1.807, 2.05) is 0 Å². The third kappa shape index (κ3) is 3.14. The molecule has 0 aliphatic heterocycles. The number of ether oxygens (including phenoxy) is 2. The highest BCUT2D eigenvalue weighted by Crippen LogP contribution is 2.31. The Morgan fingerprint density at radius 1 is 1.25 bits per heavy atom. The van der Waals surface area contributed by atoms with Crippen LogP contribution in [0.3, 0.4) is 0 Å². The van der Waals surface area contributed by atoms with E-state index in [9.17, 15) is 8.42 Å². The number of nitrogens with one attached hydrogen (secondary N) is 1. The number of nitrogens with zero attached hydrogens (tertiary/aromatic N) is 1. The van der Waals surface area contributed by atoms with Gasteiger partial charge >= 0.3 is 0 Å². The number of hydrogen-bond acceptors (Lipinski definition) is 6. The van der Waals surface area contributed by atoms with E-state index in [2.05, 4.69) is 9.71 Å². The molecule has 0 saturated carbocycles. The van der Waals surface area contributed by atoms with Gasteiger partial charge in [-0.2, -0.15) is 0 Å². The van der Waals surface area contributed by atoms with E-state index in [1.165, 1.54) is 26.5 Å². The molecule has 0 unspecified atom stereocenters. The minimum atomic E-state index is -3.71. The second-order valence-electron chi connectivity index (χ2n) is 3.61. The average Bonchev–Trinajstić information content (AvgIpc) is 2.85. The van der Waals surface area contributed by atoms with Crippen LogP contribution in [0.1, 0.15) is 0 Å². The molecule has 1 N–H and O–H groups in total. The van der Waals surface area contributed by atoms with Crippen LogP contribution in [0.2, 0.25) is 4.47 Å². The number of sulfonamides is 1. The van der Waals surface area contributed by atoms with Crippen molar-refractivity contribution in [1.82, 2.24) is 4.98 Å². The van der Waals surface area contributed by atoms with Crippen molar-refractivity contribution in [2.75, 3.05) is 18.9 Å². The summed E-state index contributed by atoms with van der Waals surface area (Å²) in [5.74, 6) is 0.936. The molecule has 0 aliphatic carbocycles. The standard InChI is InChI=1S/C11H11ClN2O4S2/c1-17-8-4-3-7(5-9(8)18-2)14-20(15,16)10-6-13-11(12)19-10/h3-6,14H,1-2H3. The lowest BCUT2D eigenvalue weighted by molar-refractivity contribution is 0.355. The number of rotatable bonds is 5. The number of benzene rings is 1. The fourth-order valence-electron chi connectivity index (χ4n) is 1.47. The summed E-state index contributed by atoms with van der Waals surface area (Å²) in [6.45, 7) is 0. The van der Waals surface area contributed by atoms with E-state index in [0.717, 1.165) is 11.3 Å². The number of anilines is 1. The Balaban J connectivity index is 2.30. The maximum Gasteiger partial charge on any atom is 0.273 e. The molecule has 20 heavy (non-hydrogen) atoms. The van der Waals surface area contributed by atoms with Gasteiger partial charge in [-0.15, -0.1) is 0 Å². The molecule has 1 aromatic heterocycles. The smallest absolute Gasteiger partial charge is 0.273 e. The summed E-state index contributed by atoms with van der Waals surface area (Å²) in [6.07, 6.45) is 1.20. The molecule has 0 amide bonds. The second-order valence-corrected chi connectivity index (χ2v) is 7.13. The normalized spacial score (nSPS) is 11.2. The predicted octanol–water partition coefficient (Wildman–Crippen LogP) is 2.61. The molecule has 0 aliphatic rings. The molecule has 0 bridgehead atoms. The van der Waals surface area contributed by atoms with Crippen molar-refractivity contribution in [2.24, 2.45) is 0 Å². The fraction of sp³-hybridized carbons (Fsp3) is 0.182. The molecule has 1 aromatic carbocycles. The van der Waals surface area contributed by atoms with Crippen molar-refractivity contribution in [3.05, 3.63) is 28.9 Å². The van der Waals surface area contributed by atoms with Gasteiger partial charge in [0.05, 0.1) is 26.1 Å². The lowest BCUT2D eigenvalue weighted by Gasteiger charge is -2.10. The Morgan fingerprint density at radius 3 is 2.50 bits per heavy atom. The Labute approximate surface area is 125 Å². The van der Waals surface area contributed by atoms with Crippen molar-refractivity contribution >= 4 is 38.6 Å². The average molecular weight is 335 g/mol. The van der Waals surface area contributed by atoms with Gasteiger partial charge in [0, 0.05) is 6.07 Å². The first-order valence-corrected chi connectivity index (χ1v) is 8.00. The Morgan fingerprint density at radius 2 is 1.95 bits per heavy atom. The zero-order valence-corrected chi connectivity index (χ0v) is 13.0. The van der Waals surface area contributed by atoms with Gasteiger partial charge < -0.3 is 9.47 Å². The van der Waals surface area contributed by atoms with Crippen LogP contribution in [0.5, 0.6) is 11.5 Å². The maximum absolute atomic E-state index is 12.1. The summed E-state index contributed by atoms with van der Waals surface area (Å²) in [5, 5.41) is 0. The van der Waals surface area contributed by atoms with Crippen molar-refractivity contribution in [3.63, 3.8) is 0 Å². The molecule has 108 valence electrons. The highest BCUT2D eigenvalue weighted by Gasteiger charge is 2.18. The first-order valence-electron chi connectivity index (χ1n) is 5.32. The molecular formula is C11H11ClN2O4S2. The molecule has 2 rings (SSSR count). The Kier molecular flexibility index (Phi) is 4.36. The van der Waals surface area contributed by atoms with E-state index >= 15 is 0 Å². The first-order chi connectivity index (χ1) is 9.46. The van der Waals surface area contributed by atoms with E-state index < -0.39 is 10.0 Å². The summed E-state index contributed by atoms with van der Waals surface area (Å²) < 4.78 is 37.0. The number of thiazole rings is 1. The molecule has 6 nitrogen and oxygen atoms in total. The van der Waals surface area contributed by atoms with Crippen LogP contribution in [0.4, 0.5) is 5.69 Å². The van der Waals surface area contributed by atoms with Crippen molar-refractivity contribution in [1.29, 1.82) is 0 Å².